The zero-order valence-electron chi connectivity index (χ0n) is 13.7. The molecule has 2 heterocycles. The summed E-state index contributed by atoms with van der Waals surface area (Å²) in [6.07, 6.45) is 2.50. The average Bonchev–Trinajstić information content (AvgIpc) is 3.12. The lowest BCUT2D eigenvalue weighted by atomic mass is 9.57. The molecule has 1 N–H and O–H groups in total. The molecule has 0 amide bonds. The second-order valence-electron chi connectivity index (χ2n) is 7.74. The van der Waals surface area contributed by atoms with E-state index < -0.39 is 11.6 Å². The molecule has 1 saturated carbocycles. The Morgan fingerprint density at radius 2 is 2.09 bits per heavy atom. The van der Waals surface area contributed by atoms with Crippen molar-refractivity contribution in [3.05, 3.63) is 29.8 Å². The minimum atomic E-state index is -0.524. The molecule has 4 atom stereocenters. The molecular formula is C18H24F2N2O. The van der Waals surface area contributed by atoms with Gasteiger partial charge in [-0.3, -0.25) is 0 Å². The van der Waals surface area contributed by atoms with E-state index in [0.29, 0.717) is 29.8 Å². The maximum Gasteiger partial charge on any atom is 0.149 e. The highest BCUT2D eigenvalue weighted by molar-refractivity contribution is 5.49. The van der Waals surface area contributed by atoms with E-state index in [1.807, 2.05) is 4.90 Å². The summed E-state index contributed by atoms with van der Waals surface area (Å²) >= 11 is 0. The number of halogens is 2. The molecule has 0 bridgehead atoms. The van der Waals surface area contributed by atoms with E-state index in [0.717, 1.165) is 38.6 Å². The van der Waals surface area contributed by atoms with Crippen molar-refractivity contribution in [3.8, 4) is 0 Å². The van der Waals surface area contributed by atoms with Crippen LogP contribution in [0.15, 0.2) is 18.2 Å². The fraction of sp³-hybridized carbons (Fsp3) is 0.667. The van der Waals surface area contributed by atoms with Crippen LogP contribution in [0.3, 0.4) is 0 Å². The monoisotopic (exact) mass is 322 g/mol. The van der Waals surface area contributed by atoms with Crippen LogP contribution in [0, 0.1) is 23.0 Å². The Labute approximate surface area is 136 Å². The molecule has 3 aliphatic rings. The average molecular weight is 322 g/mol. The first kappa shape index (κ1) is 15.3. The summed E-state index contributed by atoms with van der Waals surface area (Å²) in [5.74, 6) is -0.385. The smallest absolute Gasteiger partial charge is 0.149 e. The normalized spacial score (nSPS) is 35.2. The van der Waals surface area contributed by atoms with Crippen LogP contribution >= 0.6 is 0 Å². The Kier molecular flexibility index (Phi) is 3.61. The second-order valence-corrected chi connectivity index (χ2v) is 7.74. The summed E-state index contributed by atoms with van der Waals surface area (Å²) < 4.78 is 32.9. The Morgan fingerprint density at radius 1 is 1.26 bits per heavy atom. The van der Waals surface area contributed by atoms with Crippen LogP contribution in [0.2, 0.25) is 0 Å². The minimum Gasteiger partial charge on any atom is -0.377 e. The fourth-order valence-electron chi connectivity index (χ4n) is 4.77. The second kappa shape index (κ2) is 5.42. The third-order valence-corrected chi connectivity index (χ3v) is 5.95. The first-order valence-corrected chi connectivity index (χ1v) is 8.54. The summed E-state index contributed by atoms with van der Waals surface area (Å²) in [7, 11) is 0. The molecule has 2 saturated heterocycles. The van der Waals surface area contributed by atoms with E-state index in [1.165, 1.54) is 6.07 Å². The predicted molar refractivity (Wildman–Crippen MR) is 85.5 cm³/mol. The molecular weight excluding hydrogens is 298 g/mol. The van der Waals surface area contributed by atoms with Gasteiger partial charge in [-0.2, -0.15) is 0 Å². The van der Waals surface area contributed by atoms with E-state index in [-0.39, 0.29) is 5.41 Å². The maximum absolute atomic E-state index is 13.9. The number of anilines is 1. The lowest BCUT2D eigenvalue weighted by Crippen LogP contribution is -2.67. The van der Waals surface area contributed by atoms with Crippen LogP contribution in [0.4, 0.5) is 14.5 Å². The summed E-state index contributed by atoms with van der Waals surface area (Å²) in [5.41, 5.74) is 0.668. The number of hydrogen-bond acceptors (Lipinski definition) is 3. The summed E-state index contributed by atoms with van der Waals surface area (Å²) in [6.45, 7) is 6.98. The molecule has 4 unspecified atom stereocenters. The molecule has 0 radical (unpaired) electrons. The zero-order valence-corrected chi connectivity index (χ0v) is 13.7. The lowest BCUT2D eigenvalue weighted by molar-refractivity contribution is -0.114. The number of fused-ring (bicyclic) bond motifs is 1. The lowest BCUT2D eigenvalue weighted by Gasteiger charge is -2.55. The summed E-state index contributed by atoms with van der Waals surface area (Å²) in [5, 5.41) is 3.79. The van der Waals surface area contributed by atoms with Crippen molar-refractivity contribution in [3.63, 3.8) is 0 Å². The number of benzene rings is 1. The first-order valence-electron chi connectivity index (χ1n) is 8.54. The third kappa shape index (κ3) is 2.45. The van der Waals surface area contributed by atoms with Crippen LogP contribution < -0.4 is 10.2 Å². The minimum absolute atomic E-state index is 0.162. The number of nitrogens with one attached hydrogen (secondary N) is 1. The van der Waals surface area contributed by atoms with Gasteiger partial charge in [-0.15, -0.1) is 0 Å². The van der Waals surface area contributed by atoms with Gasteiger partial charge in [0.15, 0.2) is 0 Å². The molecule has 3 nitrogen and oxygen atoms in total. The van der Waals surface area contributed by atoms with Crippen molar-refractivity contribution < 1.29 is 13.5 Å². The van der Waals surface area contributed by atoms with Gasteiger partial charge in [0.05, 0.1) is 11.8 Å². The molecule has 23 heavy (non-hydrogen) atoms. The molecule has 3 fully saturated rings. The third-order valence-electron chi connectivity index (χ3n) is 5.95. The van der Waals surface area contributed by atoms with E-state index in [4.69, 9.17) is 4.74 Å². The van der Waals surface area contributed by atoms with Crippen molar-refractivity contribution >= 4 is 5.69 Å². The number of nitrogens with zero attached hydrogens (tertiary/aromatic N) is 1. The van der Waals surface area contributed by atoms with Gasteiger partial charge in [-0.05, 0) is 25.0 Å². The van der Waals surface area contributed by atoms with Crippen molar-refractivity contribution in [2.75, 3.05) is 24.6 Å². The van der Waals surface area contributed by atoms with Crippen LogP contribution in [-0.4, -0.2) is 37.9 Å². The van der Waals surface area contributed by atoms with Gasteiger partial charge in [0.2, 0.25) is 0 Å². The Morgan fingerprint density at radius 3 is 2.87 bits per heavy atom. The van der Waals surface area contributed by atoms with Crippen molar-refractivity contribution in [2.45, 2.75) is 44.9 Å². The van der Waals surface area contributed by atoms with Gasteiger partial charge in [0.1, 0.15) is 11.6 Å². The van der Waals surface area contributed by atoms with Crippen molar-refractivity contribution in [1.82, 2.24) is 5.32 Å². The molecule has 5 heteroatoms. The molecule has 1 aliphatic carbocycles. The molecule has 0 spiro atoms. The number of rotatable bonds is 3. The molecule has 0 aromatic heterocycles. The number of ether oxygens (including phenoxy) is 1. The van der Waals surface area contributed by atoms with Crippen LogP contribution in [0.5, 0.6) is 0 Å². The fourth-order valence-corrected chi connectivity index (χ4v) is 4.77. The molecule has 4 rings (SSSR count). The first-order chi connectivity index (χ1) is 11.0. The number of hydrogen-bond donors (Lipinski definition) is 1. The Hall–Kier alpha value is -1.20. The standard InChI is InChI=1S/C18H24F2N2O/c1-18(2)16(13-6-8-23-17(13)18)21-12-5-7-22(10-12)15-4-3-11(19)9-14(15)20/h3-4,9,12-13,16-17,21H,5-8,10H2,1-2H3. The van der Waals surface area contributed by atoms with Gasteiger partial charge in [0.25, 0.3) is 0 Å². The predicted octanol–water partition coefficient (Wildman–Crippen LogP) is 2.95. The van der Waals surface area contributed by atoms with Crippen LogP contribution in [0.1, 0.15) is 26.7 Å². The summed E-state index contributed by atoms with van der Waals surface area (Å²) in [4.78, 5) is 2.01. The van der Waals surface area contributed by atoms with Gasteiger partial charge < -0.3 is 15.0 Å². The Balaban J connectivity index is 1.41. The van der Waals surface area contributed by atoms with E-state index >= 15 is 0 Å². The largest absolute Gasteiger partial charge is 0.377 e. The highest BCUT2D eigenvalue weighted by Crippen LogP contribution is 2.52. The van der Waals surface area contributed by atoms with Gasteiger partial charge in [-0.25, -0.2) is 8.78 Å². The molecule has 2 aliphatic heterocycles. The maximum atomic E-state index is 13.9. The van der Waals surface area contributed by atoms with Crippen LogP contribution in [0.25, 0.3) is 0 Å². The van der Waals surface area contributed by atoms with Crippen LogP contribution in [-0.2, 0) is 4.74 Å². The van der Waals surface area contributed by atoms with E-state index in [1.54, 1.807) is 6.07 Å². The van der Waals surface area contributed by atoms with E-state index in [9.17, 15) is 8.78 Å². The SMILES string of the molecule is CC1(C)C(NC2CCN(c3ccc(F)cc3F)C2)C2CCOC21. The quantitative estimate of drug-likeness (QED) is 0.926. The van der Waals surface area contributed by atoms with E-state index in [2.05, 4.69) is 19.2 Å². The Bertz CT molecular complexity index is 607. The van der Waals surface area contributed by atoms with Gasteiger partial charge >= 0.3 is 0 Å². The van der Waals surface area contributed by atoms with Gasteiger partial charge in [0, 0.05) is 49.2 Å². The zero-order chi connectivity index (χ0) is 16.2. The highest BCUT2D eigenvalue weighted by Gasteiger charge is 2.59. The van der Waals surface area contributed by atoms with Crippen molar-refractivity contribution in [2.24, 2.45) is 11.3 Å². The topological polar surface area (TPSA) is 24.5 Å². The molecule has 1 aromatic rings. The van der Waals surface area contributed by atoms with Crippen molar-refractivity contribution in [1.29, 1.82) is 0 Å². The highest BCUT2D eigenvalue weighted by atomic mass is 19.1. The summed E-state index contributed by atoms with van der Waals surface area (Å²) in [6, 6.07) is 4.66. The molecule has 1 aromatic carbocycles. The molecule has 126 valence electrons. The van der Waals surface area contributed by atoms with Gasteiger partial charge in [-0.1, -0.05) is 13.8 Å².